The molecule has 3 rings (SSSR count). The summed E-state index contributed by atoms with van der Waals surface area (Å²) in [4.78, 5) is 32.0. The van der Waals surface area contributed by atoms with Crippen molar-refractivity contribution in [2.24, 2.45) is 0 Å². The number of hydrogen-bond donors (Lipinski definition) is 1. The number of nitrogens with one attached hydrogen (secondary N) is 1. The van der Waals surface area contributed by atoms with Gasteiger partial charge >= 0.3 is 5.97 Å². The van der Waals surface area contributed by atoms with Gasteiger partial charge in [0.05, 0.1) is 17.1 Å². The van der Waals surface area contributed by atoms with E-state index in [0.717, 1.165) is 6.07 Å². The smallest absolute Gasteiger partial charge is 0.357 e. The lowest BCUT2D eigenvalue weighted by Crippen LogP contribution is -2.14. The zero-order valence-electron chi connectivity index (χ0n) is 17.1. The summed E-state index contributed by atoms with van der Waals surface area (Å²) in [6.45, 7) is 1.79. The normalized spacial score (nSPS) is 10.9. The summed E-state index contributed by atoms with van der Waals surface area (Å²) in [5, 5.41) is 14.3. The number of rotatable bonds is 7. The van der Waals surface area contributed by atoms with Crippen LogP contribution in [0.2, 0.25) is 5.02 Å². The van der Waals surface area contributed by atoms with Crippen molar-refractivity contribution in [3.05, 3.63) is 86.3 Å². The molecule has 1 N–H and O–H groups in total. The standard InChI is InChI=1S/C22H18ClFN4O4/c1-3-6-15-19(22(29)32-2)26-20(13-9-10-16(23)17(24)11-13)27-21(15)25-12-14-7-4-5-8-18(14)28(30)31/h3-11H,12H2,1-2H3,(H,25,26,27)/b6-3-. The Labute approximate surface area is 187 Å². The van der Waals surface area contributed by atoms with E-state index in [4.69, 9.17) is 16.3 Å². The van der Waals surface area contributed by atoms with Crippen molar-refractivity contribution in [3.63, 3.8) is 0 Å². The van der Waals surface area contributed by atoms with Crippen LogP contribution in [-0.2, 0) is 11.3 Å². The minimum absolute atomic E-state index is 0.0454. The summed E-state index contributed by atoms with van der Waals surface area (Å²) >= 11 is 5.76. The molecule has 0 bridgehead atoms. The second-order valence-electron chi connectivity index (χ2n) is 6.52. The lowest BCUT2D eigenvalue weighted by molar-refractivity contribution is -0.385. The van der Waals surface area contributed by atoms with Gasteiger partial charge in [-0.25, -0.2) is 19.2 Å². The van der Waals surface area contributed by atoms with Crippen LogP contribution in [0, 0.1) is 15.9 Å². The second kappa shape index (κ2) is 9.97. The van der Waals surface area contributed by atoms with Crippen LogP contribution >= 0.6 is 11.6 Å². The molecule has 3 aromatic rings. The van der Waals surface area contributed by atoms with E-state index in [2.05, 4.69) is 15.3 Å². The minimum atomic E-state index is -0.718. The molecule has 10 heteroatoms. The third-order valence-electron chi connectivity index (χ3n) is 4.47. The van der Waals surface area contributed by atoms with Crippen molar-refractivity contribution in [3.8, 4) is 11.4 Å². The van der Waals surface area contributed by atoms with Crippen molar-refractivity contribution in [1.29, 1.82) is 0 Å². The van der Waals surface area contributed by atoms with Crippen LogP contribution in [-0.4, -0.2) is 28.0 Å². The van der Waals surface area contributed by atoms with E-state index in [9.17, 15) is 19.3 Å². The predicted octanol–water partition coefficient (Wildman–Crippen LogP) is 5.28. The summed E-state index contributed by atoms with van der Waals surface area (Å²) in [5.74, 6) is -1.11. The lowest BCUT2D eigenvalue weighted by Gasteiger charge is -2.14. The van der Waals surface area contributed by atoms with Crippen LogP contribution in [0.15, 0.2) is 48.5 Å². The number of hydrogen-bond acceptors (Lipinski definition) is 7. The lowest BCUT2D eigenvalue weighted by atomic mass is 10.1. The topological polar surface area (TPSA) is 107 Å². The highest BCUT2D eigenvalue weighted by Gasteiger charge is 2.21. The molecule has 32 heavy (non-hydrogen) atoms. The van der Waals surface area contributed by atoms with E-state index in [1.807, 2.05) is 0 Å². The van der Waals surface area contributed by atoms with Crippen LogP contribution in [0.4, 0.5) is 15.9 Å². The number of esters is 1. The van der Waals surface area contributed by atoms with Crippen molar-refractivity contribution in [2.45, 2.75) is 13.5 Å². The number of ether oxygens (including phenoxy) is 1. The fourth-order valence-electron chi connectivity index (χ4n) is 2.96. The first-order valence-corrected chi connectivity index (χ1v) is 9.78. The average Bonchev–Trinajstić information content (AvgIpc) is 2.79. The highest BCUT2D eigenvalue weighted by molar-refractivity contribution is 6.30. The first kappa shape index (κ1) is 22.8. The number of allylic oxidation sites excluding steroid dienone is 1. The molecule has 164 valence electrons. The van der Waals surface area contributed by atoms with Gasteiger partial charge < -0.3 is 10.1 Å². The maximum absolute atomic E-state index is 14.0. The molecular formula is C22H18ClFN4O4. The van der Waals surface area contributed by atoms with Gasteiger partial charge in [-0.3, -0.25) is 10.1 Å². The fourth-order valence-corrected chi connectivity index (χ4v) is 3.08. The molecule has 0 aliphatic rings. The van der Waals surface area contributed by atoms with Crippen molar-refractivity contribution < 1.29 is 18.8 Å². The third kappa shape index (κ3) is 4.89. The van der Waals surface area contributed by atoms with Crippen LogP contribution < -0.4 is 5.32 Å². The number of carbonyl (C=O) groups excluding carboxylic acids is 1. The monoisotopic (exact) mass is 456 g/mol. The molecule has 0 atom stereocenters. The number of carbonyl (C=O) groups is 1. The molecule has 1 heterocycles. The predicted molar refractivity (Wildman–Crippen MR) is 119 cm³/mol. The zero-order valence-corrected chi connectivity index (χ0v) is 17.9. The van der Waals surface area contributed by atoms with E-state index >= 15 is 0 Å². The highest BCUT2D eigenvalue weighted by atomic mass is 35.5. The zero-order chi connectivity index (χ0) is 23.3. The van der Waals surface area contributed by atoms with Gasteiger partial charge in [-0.15, -0.1) is 0 Å². The second-order valence-corrected chi connectivity index (χ2v) is 6.93. The average molecular weight is 457 g/mol. The van der Waals surface area contributed by atoms with Gasteiger partial charge in [0, 0.05) is 29.3 Å². The highest BCUT2D eigenvalue weighted by Crippen LogP contribution is 2.28. The van der Waals surface area contributed by atoms with Gasteiger partial charge in [0.1, 0.15) is 11.6 Å². The molecule has 1 aromatic heterocycles. The molecule has 0 radical (unpaired) electrons. The largest absolute Gasteiger partial charge is 0.464 e. The first-order chi connectivity index (χ1) is 15.3. The van der Waals surface area contributed by atoms with E-state index in [1.54, 1.807) is 37.3 Å². The summed E-state index contributed by atoms with van der Waals surface area (Å²) in [5.41, 5.74) is 0.932. The number of aromatic nitrogens is 2. The van der Waals surface area contributed by atoms with Gasteiger partial charge in [-0.2, -0.15) is 0 Å². The third-order valence-corrected chi connectivity index (χ3v) is 4.78. The molecule has 0 aliphatic heterocycles. The number of nitrogens with zero attached hydrogens (tertiary/aromatic N) is 3. The Bertz CT molecular complexity index is 1220. The number of methoxy groups -OCH3 is 1. The Balaban J connectivity index is 2.13. The molecule has 2 aromatic carbocycles. The number of nitro benzene ring substituents is 1. The quantitative estimate of drug-likeness (QED) is 0.293. The van der Waals surface area contributed by atoms with Gasteiger partial charge in [0.25, 0.3) is 5.69 Å². The van der Waals surface area contributed by atoms with Crippen LogP contribution in [0.25, 0.3) is 17.5 Å². The molecule has 0 spiro atoms. The van der Waals surface area contributed by atoms with Crippen LogP contribution in [0.1, 0.15) is 28.5 Å². The Morgan fingerprint density at radius 3 is 2.69 bits per heavy atom. The van der Waals surface area contributed by atoms with E-state index in [1.165, 1.54) is 25.3 Å². The minimum Gasteiger partial charge on any atom is -0.464 e. The van der Waals surface area contributed by atoms with Crippen molar-refractivity contribution in [2.75, 3.05) is 12.4 Å². The maximum Gasteiger partial charge on any atom is 0.357 e. The fraction of sp³-hybridized carbons (Fsp3) is 0.136. The Morgan fingerprint density at radius 2 is 2.03 bits per heavy atom. The Morgan fingerprint density at radius 1 is 1.28 bits per heavy atom. The number of halogens is 2. The molecule has 8 nitrogen and oxygen atoms in total. The number of nitro groups is 1. The molecule has 0 aliphatic carbocycles. The molecule has 0 saturated heterocycles. The number of anilines is 1. The van der Waals surface area contributed by atoms with Crippen molar-refractivity contribution >= 4 is 35.2 Å². The summed E-state index contributed by atoms with van der Waals surface area (Å²) in [7, 11) is 1.21. The first-order valence-electron chi connectivity index (χ1n) is 9.40. The SMILES string of the molecule is C/C=C\c1c(NCc2ccccc2[N+](=O)[O-])nc(-c2ccc(Cl)c(F)c2)nc1C(=O)OC. The van der Waals surface area contributed by atoms with Gasteiger partial charge in [0.15, 0.2) is 11.5 Å². The molecule has 0 saturated carbocycles. The maximum atomic E-state index is 14.0. The number of benzene rings is 2. The summed E-state index contributed by atoms with van der Waals surface area (Å²) in [6, 6.07) is 10.3. The summed E-state index contributed by atoms with van der Waals surface area (Å²) < 4.78 is 18.9. The van der Waals surface area contributed by atoms with Crippen LogP contribution in [0.5, 0.6) is 0 Å². The molecular weight excluding hydrogens is 439 g/mol. The molecule has 0 amide bonds. The summed E-state index contributed by atoms with van der Waals surface area (Å²) in [6.07, 6.45) is 3.29. The number of para-hydroxylation sites is 1. The van der Waals surface area contributed by atoms with E-state index in [-0.39, 0.29) is 40.2 Å². The Hall–Kier alpha value is -3.85. The molecule has 0 fully saturated rings. The van der Waals surface area contributed by atoms with Gasteiger partial charge in [-0.1, -0.05) is 42.0 Å². The van der Waals surface area contributed by atoms with E-state index < -0.39 is 16.7 Å². The Kier molecular flexibility index (Phi) is 7.11. The van der Waals surface area contributed by atoms with Crippen molar-refractivity contribution in [1.82, 2.24) is 9.97 Å². The van der Waals surface area contributed by atoms with Gasteiger partial charge in [-0.05, 0) is 25.1 Å². The van der Waals surface area contributed by atoms with Gasteiger partial charge in [0.2, 0.25) is 0 Å². The molecule has 0 unspecified atom stereocenters. The van der Waals surface area contributed by atoms with Crippen LogP contribution in [0.3, 0.4) is 0 Å². The van der Waals surface area contributed by atoms with E-state index in [0.29, 0.717) is 11.1 Å².